The number of thiophene rings is 1. The molecule has 2 aromatic carbocycles. The van der Waals surface area contributed by atoms with Gasteiger partial charge in [-0.15, -0.1) is 11.3 Å². The van der Waals surface area contributed by atoms with Gasteiger partial charge >= 0.3 is 0 Å². The number of carbonyl (C=O) groups excluding carboxylic acids is 1. The molecule has 4 rings (SSSR count). The van der Waals surface area contributed by atoms with Crippen molar-refractivity contribution < 1.29 is 9.53 Å². The van der Waals surface area contributed by atoms with Gasteiger partial charge in [0.05, 0.1) is 12.5 Å². The minimum absolute atomic E-state index is 0.109. The molecule has 29 heavy (non-hydrogen) atoms. The van der Waals surface area contributed by atoms with E-state index in [0.717, 1.165) is 44.3 Å². The van der Waals surface area contributed by atoms with Gasteiger partial charge in [-0.25, -0.2) is 9.97 Å². The van der Waals surface area contributed by atoms with Gasteiger partial charge in [-0.3, -0.25) is 4.79 Å². The number of fused-ring (bicyclic) bond motifs is 1. The number of carbonyl (C=O) groups is 1. The molecule has 0 saturated heterocycles. The van der Waals surface area contributed by atoms with Crippen LogP contribution in [-0.4, -0.2) is 23.0 Å². The van der Waals surface area contributed by atoms with Crippen LogP contribution in [0.5, 0.6) is 5.75 Å². The van der Waals surface area contributed by atoms with E-state index in [4.69, 9.17) is 4.74 Å². The van der Waals surface area contributed by atoms with Crippen molar-refractivity contribution in [2.45, 2.75) is 13.8 Å². The highest BCUT2D eigenvalue weighted by Gasteiger charge is 2.15. The number of amides is 1. The zero-order chi connectivity index (χ0) is 20.4. The first kappa shape index (κ1) is 18.9. The van der Waals surface area contributed by atoms with Crippen LogP contribution in [-0.2, 0) is 4.79 Å². The van der Waals surface area contributed by atoms with Crippen molar-refractivity contribution in [1.82, 2.24) is 9.97 Å². The normalized spacial score (nSPS) is 10.7. The molecule has 0 aliphatic carbocycles. The van der Waals surface area contributed by atoms with Crippen LogP contribution in [0, 0.1) is 6.92 Å². The van der Waals surface area contributed by atoms with Crippen molar-refractivity contribution >= 4 is 44.7 Å². The Hall–Kier alpha value is -3.45. The molecule has 2 aromatic heterocycles. The molecule has 6 nitrogen and oxygen atoms in total. The summed E-state index contributed by atoms with van der Waals surface area (Å²) >= 11 is 1.59. The second-order valence-electron chi connectivity index (χ2n) is 6.56. The van der Waals surface area contributed by atoms with Gasteiger partial charge in [0.2, 0.25) is 5.91 Å². The fraction of sp³-hybridized carbons (Fsp3) is 0.136. The lowest BCUT2D eigenvalue weighted by atomic mass is 10.1. The summed E-state index contributed by atoms with van der Waals surface area (Å²) in [7, 11) is 1.66. The van der Waals surface area contributed by atoms with E-state index in [0.29, 0.717) is 5.82 Å². The first-order valence-electron chi connectivity index (χ1n) is 9.08. The minimum atomic E-state index is -0.109. The molecule has 0 unspecified atom stereocenters. The lowest BCUT2D eigenvalue weighted by Gasteiger charge is -2.11. The molecule has 0 spiro atoms. The van der Waals surface area contributed by atoms with Gasteiger partial charge in [-0.1, -0.05) is 18.2 Å². The molecule has 2 N–H and O–H groups in total. The van der Waals surface area contributed by atoms with Crippen molar-refractivity contribution in [3.05, 3.63) is 59.7 Å². The van der Waals surface area contributed by atoms with E-state index in [2.05, 4.69) is 26.0 Å². The fourth-order valence-electron chi connectivity index (χ4n) is 3.14. The van der Waals surface area contributed by atoms with E-state index < -0.39 is 0 Å². The van der Waals surface area contributed by atoms with Crippen LogP contribution in [0.2, 0.25) is 0 Å². The third-order valence-electron chi connectivity index (χ3n) is 4.39. The van der Waals surface area contributed by atoms with Crippen molar-refractivity contribution in [1.29, 1.82) is 0 Å². The number of rotatable bonds is 5. The monoisotopic (exact) mass is 404 g/mol. The largest absolute Gasteiger partial charge is 0.497 e. The first-order chi connectivity index (χ1) is 14.0. The Bertz CT molecular complexity index is 1190. The predicted octanol–water partition coefficient (Wildman–Crippen LogP) is 5.38. The second-order valence-corrected chi connectivity index (χ2v) is 7.42. The number of anilines is 3. The molecule has 0 saturated carbocycles. The molecule has 146 valence electrons. The standard InChI is InChI=1S/C22H20N4O2S/c1-13-23-21(26-17-6-4-5-16(11-17)25-14(2)27)20-19(12-29-22(20)24-13)15-7-9-18(28-3)10-8-15/h4-12H,1-3H3,(H,25,27)(H,23,24,26). The van der Waals surface area contributed by atoms with E-state index >= 15 is 0 Å². The molecule has 0 bridgehead atoms. The maximum Gasteiger partial charge on any atom is 0.221 e. The van der Waals surface area contributed by atoms with Gasteiger partial charge < -0.3 is 15.4 Å². The van der Waals surface area contributed by atoms with Crippen LogP contribution in [0.4, 0.5) is 17.2 Å². The Labute approximate surface area is 172 Å². The van der Waals surface area contributed by atoms with Crippen LogP contribution in [0.3, 0.4) is 0 Å². The van der Waals surface area contributed by atoms with Crippen LogP contribution >= 0.6 is 11.3 Å². The Morgan fingerprint density at radius 2 is 1.83 bits per heavy atom. The summed E-state index contributed by atoms with van der Waals surface area (Å²) in [5.41, 5.74) is 3.69. The molecule has 0 aliphatic rings. The highest BCUT2D eigenvalue weighted by Crippen LogP contribution is 2.38. The molecule has 0 fully saturated rings. The third kappa shape index (κ3) is 4.05. The summed E-state index contributed by atoms with van der Waals surface area (Å²) in [6.45, 7) is 3.37. The molecule has 0 radical (unpaired) electrons. The van der Waals surface area contributed by atoms with E-state index in [1.54, 1.807) is 18.4 Å². The number of aromatic nitrogens is 2. The number of hydrogen-bond donors (Lipinski definition) is 2. The number of aryl methyl sites for hydroxylation is 1. The van der Waals surface area contributed by atoms with E-state index in [1.807, 2.05) is 55.5 Å². The molecular formula is C22H20N4O2S. The summed E-state index contributed by atoms with van der Waals surface area (Å²) in [6.07, 6.45) is 0. The highest BCUT2D eigenvalue weighted by atomic mass is 32.1. The van der Waals surface area contributed by atoms with Crippen LogP contribution in [0.25, 0.3) is 21.3 Å². The van der Waals surface area contributed by atoms with Gasteiger partial charge in [0.15, 0.2) is 0 Å². The molecule has 1 amide bonds. The lowest BCUT2D eigenvalue weighted by molar-refractivity contribution is -0.114. The van der Waals surface area contributed by atoms with Crippen LogP contribution < -0.4 is 15.4 Å². The molecule has 2 heterocycles. The van der Waals surface area contributed by atoms with Gasteiger partial charge in [-0.05, 0) is 42.8 Å². The SMILES string of the molecule is COc1ccc(-c2csc3nc(C)nc(Nc4cccc(NC(C)=O)c4)c23)cc1. The van der Waals surface area contributed by atoms with Gasteiger partial charge in [0, 0.05) is 29.2 Å². The van der Waals surface area contributed by atoms with E-state index in [-0.39, 0.29) is 5.91 Å². The number of ether oxygens (including phenoxy) is 1. The molecule has 4 aromatic rings. The highest BCUT2D eigenvalue weighted by molar-refractivity contribution is 7.17. The maximum absolute atomic E-state index is 11.4. The van der Waals surface area contributed by atoms with Crippen molar-refractivity contribution in [3.63, 3.8) is 0 Å². The summed E-state index contributed by atoms with van der Waals surface area (Å²) in [5.74, 6) is 2.14. The molecular weight excluding hydrogens is 384 g/mol. The van der Waals surface area contributed by atoms with Crippen molar-refractivity contribution in [2.24, 2.45) is 0 Å². The molecule has 0 aliphatic heterocycles. The van der Waals surface area contributed by atoms with E-state index in [1.165, 1.54) is 6.92 Å². The van der Waals surface area contributed by atoms with Crippen molar-refractivity contribution in [3.8, 4) is 16.9 Å². The number of benzene rings is 2. The topological polar surface area (TPSA) is 76.1 Å². The Balaban J connectivity index is 1.77. The summed E-state index contributed by atoms with van der Waals surface area (Å²) in [6, 6.07) is 15.5. The number of hydrogen-bond acceptors (Lipinski definition) is 6. The Kier molecular flexibility index (Phi) is 5.14. The third-order valence-corrected chi connectivity index (χ3v) is 5.26. The summed E-state index contributed by atoms with van der Waals surface area (Å²) < 4.78 is 5.27. The van der Waals surface area contributed by atoms with Gasteiger partial charge in [-0.2, -0.15) is 0 Å². The summed E-state index contributed by atoms with van der Waals surface area (Å²) in [5, 5.41) is 9.27. The number of methoxy groups -OCH3 is 1. The average molecular weight is 404 g/mol. The van der Waals surface area contributed by atoms with Gasteiger partial charge in [0.25, 0.3) is 0 Å². The predicted molar refractivity (Wildman–Crippen MR) is 118 cm³/mol. The fourth-order valence-corrected chi connectivity index (χ4v) is 4.13. The second kappa shape index (κ2) is 7.89. The van der Waals surface area contributed by atoms with Gasteiger partial charge in [0.1, 0.15) is 22.2 Å². The maximum atomic E-state index is 11.4. The molecule has 0 atom stereocenters. The average Bonchev–Trinajstić information content (AvgIpc) is 3.12. The van der Waals surface area contributed by atoms with E-state index in [9.17, 15) is 4.79 Å². The zero-order valence-electron chi connectivity index (χ0n) is 16.3. The lowest BCUT2D eigenvalue weighted by Crippen LogP contribution is -2.06. The number of nitrogens with one attached hydrogen (secondary N) is 2. The van der Waals surface area contributed by atoms with Crippen LogP contribution in [0.1, 0.15) is 12.7 Å². The molecule has 7 heteroatoms. The Morgan fingerprint density at radius 1 is 1.07 bits per heavy atom. The quantitative estimate of drug-likeness (QED) is 0.467. The zero-order valence-corrected chi connectivity index (χ0v) is 17.1. The summed E-state index contributed by atoms with van der Waals surface area (Å²) in [4.78, 5) is 21.5. The first-order valence-corrected chi connectivity index (χ1v) is 9.96. The minimum Gasteiger partial charge on any atom is -0.497 e. The smallest absolute Gasteiger partial charge is 0.221 e. The Morgan fingerprint density at radius 3 is 2.55 bits per heavy atom. The van der Waals surface area contributed by atoms with Crippen molar-refractivity contribution in [2.75, 3.05) is 17.7 Å². The number of nitrogens with zero attached hydrogens (tertiary/aromatic N) is 2. The van der Waals surface area contributed by atoms with Crippen LogP contribution in [0.15, 0.2) is 53.9 Å².